The standard InChI is InChI=1S/C13H9F3N2O4S2/c14-13(15,16)9-5-10(18-6-7-2-1-3-23-7)8(12(19)20)4-11(9)24(17,21)22/h1-6H,(H,19,20)(H2,17,21,22). The van der Waals surface area contributed by atoms with Gasteiger partial charge in [-0.05, 0) is 23.6 Å². The van der Waals surface area contributed by atoms with Crippen LogP contribution in [-0.2, 0) is 16.2 Å². The summed E-state index contributed by atoms with van der Waals surface area (Å²) in [7, 11) is -4.78. The summed E-state index contributed by atoms with van der Waals surface area (Å²) in [5.41, 5.74) is -2.82. The van der Waals surface area contributed by atoms with Gasteiger partial charge in [-0.25, -0.2) is 18.4 Å². The quantitative estimate of drug-likeness (QED) is 0.797. The Kier molecular flexibility index (Phi) is 4.78. The highest BCUT2D eigenvalue weighted by Gasteiger charge is 2.38. The third kappa shape index (κ3) is 3.99. The van der Waals surface area contributed by atoms with Gasteiger partial charge in [0.25, 0.3) is 0 Å². The van der Waals surface area contributed by atoms with Crippen molar-refractivity contribution in [1.82, 2.24) is 0 Å². The topological polar surface area (TPSA) is 110 Å². The largest absolute Gasteiger partial charge is 0.478 e. The lowest BCUT2D eigenvalue weighted by Gasteiger charge is -2.13. The molecule has 3 N–H and O–H groups in total. The number of hydrogen-bond acceptors (Lipinski definition) is 5. The van der Waals surface area contributed by atoms with Crippen LogP contribution in [0.15, 0.2) is 39.5 Å². The van der Waals surface area contributed by atoms with Crippen LogP contribution in [0.1, 0.15) is 20.8 Å². The Labute approximate surface area is 138 Å². The zero-order valence-electron chi connectivity index (χ0n) is 11.6. The molecule has 1 aromatic heterocycles. The molecule has 1 aromatic carbocycles. The predicted molar refractivity (Wildman–Crippen MR) is 81.3 cm³/mol. The number of nitrogens with two attached hydrogens (primary N) is 1. The van der Waals surface area contributed by atoms with E-state index in [1.165, 1.54) is 17.6 Å². The van der Waals surface area contributed by atoms with Gasteiger partial charge in [0, 0.05) is 11.1 Å². The number of halogens is 3. The van der Waals surface area contributed by atoms with Crippen LogP contribution in [0.3, 0.4) is 0 Å². The van der Waals surface area contributed by atoms with Crippen molar-refractivity contribution in [3.05, 3.63) is 45.6 Å². The summed E-state index contributed by atoms with van der Waals surface area (Å²) < 4.78 is 62.0. The van der Waals surface area contributed by atoms with Crippen molar-refractivity contribution >= 4 is 39.2 Å². The average molecular weight is 378 g/mol. The van der Waals surface area contributed by atoms with Crippen molar-refractivity contribution in [2.24, 2.45) is 10.1 Å². The van der Waals surface area contributed by atoms with Gasteiger partial charge in [0.2, 0.25) is 10.0 Å². The van der Waals surface area contributed by atoms with Gasteiger partial charge in [0.1, 0.15) is 0 Å². The van der Waals surface area contributed by atoms with Gasteiger partial charge < -0.3 is 5.11 Å². The minimum Gasteiger partial charge on any atom is -0.478 e. The monoisotopic (exact) mass is 378 g/mol. The molecule has 6 nitrogen and oxygen atoms in total. The Bertz CT molecular complexity index is 904. The molecule has 0 unspecified atom stereocenters. The maximum absolute atomic E-state index is 13.1. The maximum Gasteiger partial charge on any atom is 0.417 e. The zero-order chi connectivity index (χ0) is 18.1. The number of hydrogen-bond donors (Lipinski definition) is 2. The summed E-state index contributed by atoms with van der Waals surface area (Å²) in [5, 5.41) is 15.6. The van der Waals surface area contributed by atoms with Crippen molar-refractivity contribution in [2.45, 2.75) is 11.1 Å². The number of alkyl halides is 3. The highest BCUT2D eigenvalue weighted by atomic mass is 32.2. The van der Waals surface area contributed by atoms with Gasteiger partial charge in [0.05, 0.1) is 21.7 Å². The van der Waals surface area contributed by atoms with Gasteiger partial charge >= 0.3 is 12.1 Å². The van der Waals surface area contributed by atoms with Gasteiger partial charge in [0.15, 0.2) is 0 Å². The van der Waals surface area contributed by atoms with Crippen LogP contribution < -0.4 is 5.14 Å². The number of benzene rings is 1. The number of carbonyl (C=O) groups is 1. The molecule has 2 rings (SSSR count). The van der Waals surface area contributed by atoms with Gasteiger partial charge in [-0.3, -0.25) is 4.99 Å². The number of carboxylic acids is 1. The molecule has 11 heteroatoms. The number of rotatable bonds is 4. The Morgan fingerprint density at radius 2 is 2.00 bits per heavy atom. The second kappa shape index (κ2) is 6.34. The lowest BCUT2D eigenvalue weighted by molar-refractivity contribution is -0.139. The van der Waals surface area contributed by atoms with Crippen molar-refractivity contribution < 1.29 is 31.5 Å². The van der Waals surface area contributed by atoms with E-state index in [0.717, 1.165) is 0 Å². The van der Waals surface area contributed by atoms with Crippen LogP contribution in [0.2, 0.25) is 0 Å². The molecule has 0 radical (unpaired) electrons. The summed E-state index contributed by atoms with van der Waals surface area (Å²) >= 11 is 1.24. The summed E-state index contributed by atoms with van der Waals surface area (Å²) in [6.07, 6.45) is -3.87. The minimum absolute atomic E-state index is 0.354. The lowest BCUT2D eigenvalue weighted by atomic mass is 10.1. The first-order valence-electron chi connectivity index (χ1n) is 6.09. The first-order chi connectivity index (χ1) is 11.0. The van der Waals surface area contributed by atoms with Crippen LogP contribution >= 0.6 is 11.3 Å². The van der Waals surface area contributed by atoms with Gasteiger partial charge in [-0.2, -0.15) is 13.2 Å². The van der Waals surface area contributed by atoms with Gasteiger partial charge in [-0.1, -0.05) is 6.07 Å². The van der Waals surface area contributed by atoms with E-state index in [4.69, 9.17) is 10.2 Å². The zero-order valence-corrected chi connectivity index (χ0v) is 13.2. The predicted octanol–water partition coefficient (Wildman–Crippen LogP) is 2.86. The van der Waals surface area contributed by atoms with Crippen LogP contribution in [-0.4, -0.2) is 25.7 Å². The first-order valence-corrected chi connectivity index (χ1v) is 8.51. The summed E-state index contributed by atoms with van der Waals surface area (Å²) in [6, 6.07) is 4.02. The highest BCUT2D eigenvalue weighted by Crippen LogP contribution is 2.38. The number of nitrogens with zero attached hydrogens (tertiary/aromatic N) is 1. The highest BCUT2D eigenvalue weighted by molar-refractivity contribution is 7.89. The number of carboxylic acid groups (broad SMARTS) is 1. The van der Waals surface area contributed by atoms with E-state index in [1.807, 2.05) is 0 Å². The Morgan fingerprint density at radius 3 is 2.46 bits per heavy atom. The molecule has 1 heterocycles. The molecule has 24 heavy (non-hydrogen) atoms. The number of aliphatic imine (C=N–C) groups is 1. The summed E-state index contributed by atoms with van der Waals surface area (Å²) in [5.74, 6) is -1.63. The number of aromatic carboxylic acids is 1. The Hall–Kier alpha value is -2.24. The van der Waals surface area contributed by atoms with E-state index in [0.29, 0.717) is 17.0 Å². The van der Waals surface area contributed by atoms with E-state index in [-0.39, 0.29) is 0 Å². The van der Waals surface area contributed by atoms with E-state index >= 15 is 0 Å². The molecule has 0 saturated carbocycles. The number of thiophene rings is 1. The molecule has 128 valence electrons. The van der Waals surface area contributed by atoms with E-state index in [2.05, 4.69) is 4.99 Å². The molecule has 0 amide bonds. The Morgan fingerprint density at radius 1 is 1.33 bits per heavy atom. The molecular formula is C13H9F3N2O4S2. The molecule has 0 spiro atoms. The molecule has 0 aliphatic heterocycles. The second-order valence-corrected chi connectivity index (χ2v) is 7.00. The van der Waals surface area contributed by atoms with Crippen LogP contribution in [0.4, 0.5) is 18.9 Å². The third-order valence-electron chi connectivity index (χ3n) is 2.81. The number of primary sulfonamides is 1. The molecule has 2 aromatic rings. The molecule has 0 aliphatic rings. The van der Waals surface area contributed by atoms with Gasteiger partial charge in [-0.15, -0.1) is 11.3 Å². The van der Waals surface area contributed by atoms with Crippen molar-refractivity contribution in [1.29, 1.82) is 0 Å². The molecule has 0 atom stereocenters. The minimum atomic E-state index is -5.05. The normalized spacial score (nSPS) is 12.7. The van der Waals surface area contributed by atoms with E-state index < -0.39 is 43.9 Å². The molecular weight excluding hydrogens is 369 g/mol. The van der Waals surface area contributed by atoms with Crippen LogP contribution in [0, 0.1) is 0 Å². The fourth-order valence-electron chi connectivity index (χ4n) is 1.80. The smallest absolute Gasteiger partial charge is 0.417 e. The molecule has 0 saturated heterocycles. The molecule has 0 bridgehead atoms. The second-order valence-electron chi connectivity index (χ2n) is 4.49. The van der Waals surface area contributed by atoms with Crippen molar-refractivity contribution in [3.63, 3.8) is 0 Å². The van der Waals surface area contributed by atoms with Crippen molar-refractivity contribution in [3.8, 4) is 0 Å². The van der Waals surface area contributed by atoms with Crippen molar-refractivity contribution in [2.75, 3.05) is 0 Å². The number of sulfonamides is 1. The summed E-state index contributed by atoms with van der Waals surface area (Å²) in [6.45, 7) is 0. The molecule has 0 fully saturated rings. The fraction of sp³-hybridized carbons (Fsp3) is 0.0769. The fourth-order valence-corrected chi connectivity index (χ4v) is 3.15. The third-order valence-corrected chi connectivity index (χ3v) is 4.57. The SMILES string of the molecule is NS(=O)(=O)c1cc(C(=O)O)c(N=Cc2cccs2)cc1C(F)(F)F. The lowest BCUT2D eigenvalue weighted by Crippen LogP contribution is -2.20. The Balaban J connectivity index is 2.72. The van der Waals surface area contributed by atoms with E-state index in [1.54, 1.807) is 17.5 Å². The van der Waals surface area contributed by atoms with E-state index in [9.17, 15) is 26.4 Å². The summed E-state index contributed by atoms with van der Waals surface area (Å²) in [4.78, 5) is 14.2. The maximum atomic E-state index is 13.1. The average Bonchev–Trinajstić information content (AvgIpc) is 2.95. The molecule has 0 aliphatic carbocycles. The first kappa shape index (κ1) is 18.1. The van der Waals surface area contributed by atoms with Crippen LogP contribution in [0.25, 0.3) is 0 Å². The van der Waals surface area contributed by atoms with Crippen LogP contribution in [0.5, 0.6) is 0 Å².